The monoisotopic (exact) mass is 172 g/mol. The molecule has 1 fully saturated rings. The van der Waals surface area contributed by atoms with Gasteiger partial charge in [-0.15, -0.1) is 0 Å². The highest BCUT2D eigenvalue weighted by Crippen LogP contribution is 2.30. The molecule has 2 unspecified atom stereocenters. The van der Waals surface area contributed by atoms with Gasteiger partial charge in [-0.25, -0.2) is 0 Å². The summed E-state index contributed by atoms with van der Waals surface area (Å²) >= 11 is 4.54. The molecule has 0 radical (unpaired) electrons. The van der Waals surface area contributed by atoms with Crippen molar-refractivity contribution >= 4 is 12.6 Å². The third kappa shape index (κ3) is 3.50. The zero-order valence-electron chi connectivity index (χ0n) is 7.55. The van der Waals surface area contributed by atoms with E-state index in [2.05, 4.69) is 19.6 Å². The number of hydrogen-bond donors (Lipinski definition) is 1. The van der Waals surface area contributed by atoms with E-state index in [4.69, 9.17) is 0 Å². The van der Waals surface area contributed by atoms with Gasteiger partial charge in [0, 0.05) is 5.25 Å². The molecule has 1 aliphatic carbocycles. The lowest BCUT2D eigenvalue weighted by atomic mass is 9.85. The van der Waals surface area contributed by atoms with E-state index >= 15 is 0 Å². The molecule has 0 heterocycles. The van der Waals surface area contributed by atoms with Gasteiger partial charge in [-0.1, -0.05) is 39.0 Å². The van der Waals surface area contributed by atoms with Gasteiger partial charge in [-0.2, -0.15) is 12.6 Å². The van der Waals surface area contributed by atoms with Crippen LogP contribution in [0.3, 0.4) is 0 Å². The maximum absolute atomic E-state index is 4.54. The van der Waals surface area contributed by atoms with Crippen molar-refractivity contribution in [1.82, 2.24) is 0 Å². The van der Waals surface area contributed by atoms with E-state index < -0.39 is 0 Å². The predicted molar refractivity (Wildman–Crippen MR) is 54.3 cm³/mol. The van der Waals surface area contributed by atoms with Crippen LogP contribution in [0.1, 0.15) is 51.9 Å². The quantitative estimate of drug-likeness (QED) is 0.617. The summed E-state index contributed by atoms with van der Waals surface area (Å²) in [6.45, 7) is 2.28. The third-order valence-electron chi connectivity index (χ3n) is 2.72. The fraction of sp³-hybridized carbons (Fsp3) is 1.00. The van der Waals surface area contributed by atoms with Crippen LogP contribution in [0.5, 0.6) is 0 Å². The fourth-order valence-corrected chi connectivity index (χ4v) is 2.50. The van der Waals surface area contributed by atoms with Crippen molar-refractivity contribution in [3.63, 3.8) is 0 Å². The molecule has 11 heavy (non-hydrogen) atoms. The number of rotatable bonds is 3. The van der Waals surface area contributed by atoms with Crippen molar-refractivity contribution in [1.29, 1.82) is 0 Å². The number of hydrogen-bond acceptors (Lipinski definition) is 1. The normalized spacial score (nSPS) is 32.2. The Balaban J connectivity index is 2.12. The number of unbranched alkanes of at least 4 members (excludes halogenated alkanes) is 1. The Bertz CT molecular complexity index is 101. The standard InChI is InChI=1S/C10H20S/c1-2-3-5-9-6-4-7-10(11)8-9/h9-11H,2-8H2,1H3. The molecule has 0 aromatic carbocycles. The Morgan fingerprint density at radius 1 is 1.36 bits per heavy atom. The first-order chi connectivity index (χ1) is 5.33. The SMILES string of the molecule is CCCCC1CCCC(S)C1. The van der Waals surface area contributed by atoms with Crippen LogP contribution in [0.4, 0.5) is 0 Å². The predicted octanol–water partition coefficient (Wildman–Crippen LogP) is 3.67. The minimum atomic E-state index is 0.714. The smallest absolute Gasteiger partial charge is 0.00194 e. The Hall–Kier alpha value is 0.350. The van der Waals surface area contributed by atoms with Crippen LogP contribution < -0.4 is 0 Å². The average Bonchev–Trinajstić information content (AvgIpc) is 2.01. The van der Waals surface area contributed by atoms with Gasteiger partial charge >= 0.3 is 0 Å². The van der Waals surface area contributed by atoms with Gasteiger partial charge in [0.1, 0.15) is 0 Å². The first-order valence-corrected chi connectivity index (χ1v) is 5.52. The molecule has 0 bridgehead atoms. The highest BCUT2D eigenvalue weighted by atomic mass is 32.1. The highest BCUT2D eigenvalue weighted by Gasteiger charge is 2.18. The highest BCUT2D eigenvalue weighted by molar-refractivity contribution is 7.80. The Labute approximate surface area is 76.2 Å². The molecule has 1 heteroatoms. The molecule has 2 atom stereocenters. The lowest BCUT2D eigenvalue weighted by Gasteiger charge is -2.25. The van der Waals surface area contributed by atoms with E-state index in [-0.39, 0.29) is 0 Å². The molecule has 0 aromatic rings. The van der Waals surface area contributed by atoms with Gasteiger partial charge < -0.3 is 0 Å². The molecule has 0 saturated heterocycles. The maximum atomic E-state index is 4.54. The zero-order chi connectivity index (χ0) is 8.10. The second kappa shape index (κ2) is 5.08. The van der Waals surface area contributed by atoms with Gasteiger partial charge in [-0.3, -0.25) is 0 Å². The third-order valence-corrected chi connectivity index (χ3v) is 3.19. The summed E-state index contributed by atoms with van der Waals surface area (Å²) in [6, 6.07) is 0. The Morgan fingerprint density at radius 2 is 2.18 bits per heavy atom. The van der Waals surface area contributed by atoms with E-state index in [1.54, 1.807) is 0 Å². The van der Waals surface area contributed by atoms with Crippen molar-refractivity contribution in [3.8, 4) is 0 Å². The van der Waals surface area contributed by atoms with E-state index in [9.17, 15) is 0 Å². The summed E-state index contributed by atoms with van der Waals surface area (Å²) in [4.78, 5) is 0. The Kier molecular flexibility index (Phi) is 4.36. The maximum Gasteiger partial charge on any atom is 0.00194 e. The molecule has 1 aliphatic rings. The van der Waals surface area contributed by atoms with Crippen molar-refractivity contribution in [2.24, 2.45) is 5.92 Å². The molecule has 1 saturated carbocycles. The molecule has 1 rings (SSSR count). The summed E-state index contributed by atoms with van der Waals surface area (Å²) in [5, 5.41) is 0.714. The van der Waals surface area contributed by atoms with Crippen molar-refractivity contribution in [2.45, 2.75) is 57.1 Å². The molecule has 0 spiro atoms. The summed E-state index contributed by atoms with van der Waals surface area (Å²) < 4.78 is 0. The van der Waals surface area contributed by atoms with E-state index in [0.29, 0.717) is 5.25 Å². The van der Waals surface area contributed by atoms with Crippen LogP contribution in [0.2, 0.25) is 0 Å². The van der Waals surface area contributed by atoms with E-state index in [1.165, 1.54) is 44.9 Å². The molecule has 0 N–H and O–H groups in total. The molecule has 0 nitrogen and oxygen atoms in total. The van der Waals surface area contributed by atoms with Crippen LogP contribution in [-0.2, 0) is 0 Å². The van der Waals surface area contributed by atoms with Gasteiger partial charge in [0.2, 0.25) is 0 Å². The van der Waals surface area contributed by atoms with Gasteiger partial charge in [-0.05, 0) is 18.8 Å². The molecular weight excluding hydrogens is 152 g/mol. The Morgan fingerprint density at radius 3 is 2.82 bits per heavy atom. The molecule has 0 aromatic heterocycles. The molecular formula is C10H20S. The van der Waals surface area contributed by atoms with Crippen molar-refractivity contribution in [3.05, 3.63) is 0 Å². The van der Waals surface area contributed by atoms with Crippen molar-refractivity contribution in [2.75, 3.05) is 0 Å². The minimum absolute atomic E-state index is 0.714. The molecule has 0 aliphatic heterocycles. The van der Waals surface area contributed by atoms with Crippen LogP contribution >= 0.6 is 12.6 Å². The fourth-order valence-electron chi connectivity index (χ4n) is 2.02. The lowest BCUT2D eigenvalue weighted by Crippen LogP contribution is -2.15. The second-order valence-corrected chi connectivity index (χ2v) is 4.56. The summed E-state index contributed by atoms with van der Waals surface area (Å²) in [7, 11) is 0. The first kappa shape index (κ1) is 9.44. The number of thiol groups is 1. The van der Waals surface area contributed by atoms with Crippen LogP contribution in [0.25, 0.3) is 0 Å². The molecule has 0 amide bonds. The van der Waals surface area contributed by atoms with Gasteiger partial charge in [0.25, 0.3) is 0 Å². The van der Waals surface area contributed by atoms with Gasteiger partial charge in [0.05, 0.1) is 0 Å². The second-order valence-electron chi connectivity index (χ2n) is 3.83. The van der Waals surface area contributed by atoms with Crippen molar-refractivity contribution < 1.29 is 0 Å². The topological polar surface area (TPSA) is 0 Å². The van der Waals surface area contributed by atoms with Crippen LogP contribution in [-0.4, -0.2) is 5.25 Å². The van der Waals surface area contributed by atoms with E-state index in [0.717, 1.165) is 5.92 Å². The zero-order valence-corrected chi connectivity index (χ0v) is 8.45. The van der Waals surface area contributed by atoms with Gasteiger partial charge in [0.15, 0.2) is 0 Å². The minimum Gasteiger partial charge on any atom is -0.176 e. The molecule has 66 valence electrons. The summed E-state index contributed by atoms with van der Waals surface area (Å²) in [5.41, 5.74) is 0. The largest absolute Gasteiger partial charge is 0.176 e. The summed E-state index contributed by atoms with van der Waals surface area (Å²) in [5.74, 6) is 1.01. The first-order valence-electron chi connectivity index (χ1n) is 5.01. The lowest BCUT2D eigenvalue weighted by molar-refractivity contribution is 0.339. The summed E-state index contributed by atoms with van der Waals surface area (Å²) in [6.07, 6.45) is 9.85. The van der Waals surface area contributed by atoms with Crippen LogP contribution in [0.15, 0.2) is 0 Å². The average molecular weight is 172 g/mol. The van der Waals surface area contributed by atoms with Crippen LogP contribution in [0, 0.1) is 5.92 Å². The van der Waals surface area contributed by atoms with E-state index in [1.807, 2.05) is 0 Å².